The quantitative estimate of drug-likeness (QED) is 0.231. The van der Waals surface area contributed by atoms with Crippen molar-refractivity contribution in [3.05, 3.63) is 18.7 Å². The van der Waals surface area contributed by atoms with Gasteiger partial charge >= 0.3 is 18.3 Å². The average Bonchev–Trinajstić information content (AvgIpc) is 2.95. The van der Waals surface area contributed by atoms with Gasteiger partial charge in [-0.15, -0.1) is 0 Å². The minimum absolute atomic E-state index is 1.17. The molecule has 1 aromatic heterocycles. The summed E-state index contributed by atoms with van der Waals surface area (Å²) in [5.41, 5.74) is 0. The van der Waals surface area contributed by atoms with E-state index in [-0.39, 0.29) is 0 Å². The number of carbonyl (C=O) groups excluding carboxylic acids is 1. The molecule has 1 amide bonds. The molecule has 1 heterocycles. The van der Waals surface area contributed by atoms with Gasteiger partial charge in [-0.3, -0.25) is 4.79 Å². The van der Waals surface area contributed by atoms with Gasteiger partial charge in [-0.2, -0.15) is 26.3 Å². The minimum atomic E-state index is -5.57. The summed E-state index contributed by atoms with van der Waals surface area (Å²) in [6, 6.07) is 0. The molecule has 0 saturated heterocycles. The summed E-state index contributed by atoms with van der Waals surface area (Å²) >= 11 is 0. The highest BCUT2D eigenvalue weighted by Crippen LogP contribution is 2.19. The maximum atomic E-state index is 11.2. The number of carbonyl (C=O) groups is 1. The molecule has 11 heteroatoms. The van der Waals surface area contributed by atoms with E-state index in [2.05, 4.69) is 41.8 Å². The Hall–Kier alpha value is -2.07. The normalized spacial score (nSPS) is 12.5. The average molecular weight is 403 g/mol. The van der Waals surface area contributed by atoms with Crippen LogP contribution in [0.3, 0.4) is 0 Å². The van der Waals surface area contributed by atoms with Gasteiger partial charge in [0.1, 0.15) is 12.4 Å². The molecule has 27 heavy (non-hydrogen) atoms. The van der Waals surface area contributed by atoms with Crippen LogP contribution in [0, 0.1) is 0 Å². The van der Waals surface area contributed by atoms with Crippen molar-refractivity contribution in [2.24, 2.45) is 12.0 Å². The van der Waals surface area contributed by atoms with Gasteiger partial charge in [0.2, 0.25) is 6.33 Å². The first-order valence-corrected chi connectivity index (χ1v) is 8.33. The molecule has 0 fully saturated rings. The number of unbranched alkanes of at least 4 members (excludes halogenated alkanes) is 5. The Balaban J connectivity index is 0.000000503. The molecule has 0 radical (unpaired) electrons. The van der Waals surface area contributed by atoms with Gasteiger partial charge in [-0.05, 0) is 12.8 Å². The van der Waals surface area contributed by atoms with Crippen LogP contribution in [-0.4, -0.2) is 28.7 Å². The zero-order valence-electron chi connectivity index (χ0n) is 15.1. The molecule has 0 aliphatic heterocycles. The molecule has 0 aliphatic carbocycles. The molecule has 0 N–H and O–H groups in total. The zero-order valence-corrected chi connectivity index (χ0v) is 15.1. The van der Waals surface area contributed by atoms with Gasteiger partial charge in [0.25, 0.3) is 0 Å². The molecule has 1 aromatic rings. The number of aliphatic imine (C=N–C) groups is 1. The standard InChI is InChI=1S/C12H23N2.C4HF6NO2/c1-3-4-5-6-7-8-9-14-11-10-13(2)12-14;5-3(6,7)1(12)11-2(13)4(8,9)10/h10-12H,3-9H2,1-2H3;(H,11,12,13)/q+1;/p-1. The van der Waals surface area contributed by atoms with Crippen molar-refractivity contribution in [2.45, 2.75) is 64.3 Å². The summed E-state index contributed by atoms with van der Waals surface area (Å²) in [7, 11) is 2.07. The summed E-state index contributed by atoms with van der Waals surface area (Å²) in [5.74, 6) is -6.15. The van der Waals surface area contributed by atoms with Crippen molar-refractivity contribution in [1.29, 1.82) is 0 Å². The van der Waals surface area contributed by atoms with Crippen molar-refractivity contribution in [3.8, 4) is 0 Å². The fourth-order valence-corrected chi connectivity index (χ4v) is 1.93. The molecule has 0 aromatic carbocycles. The number of halogens is 6. The summed E-state index contributed by atoms with van der Waals surface area (Å²) in [5, 5.41) is 9.71. The molecule has 0 spiro atoms. The van der Waals surface area contributed by atoms with Crippen molar-refractivity contribution >= 4 is 11.8 Å². The zero-order chi connectivity index (χ0) is 21.1. The van der Waals surface area contributed by atoms with Crippen LogP contribution in [0.5, 0.6) is 0 Å². The van der Waals surface area contributed by atoms with Gasteiger partial charge < -0.3 is 5.11 Å². The number of alkyl halides is 6. The lowest BCUT2D eigenvalue weighted by Crippen LogP contribution is -2.37. The third-order valence-electron chi connectivity index (χ3n) is 3.28. The number of aromatic nitrogens is 2. The van der Waals surface area contributed by atoms with Crippen LogP contribution in [0.25, 0.3) is 0 Å². The van der Waals surface area contributed by atoms with E-state index in [0.29, 0.717) is 0 Å². The summed E-state index contributed by atoms with van der Waals surface area (Å²) < 4.78 is 71.8. The maximum Gasteiger partial charge on any atom is 0.473 e. The lowest BCUT2D eigenvalue weighted by molar-refractivity contribution is -0.671. The second-order valence-electron chi connectivity index (χ2n) is 5.80. The molecular weight excluding hydrogens is 380 g/mol. The Kier molecular flexibility index (Phi) is 10.7. The van der Waals surface area contributed by atoms with Gasteiger partial charge in [-0.1, -0.05) is 32.6 Å². The summed E-state index contributed by atoms with van der Waals surface area (Å²) in [6.07, 6.45) is 3.50. The van der Waals surface area contributed by atoms with Crippen molar-refractivity contribution in [1.82, 2.24) is 4.57 Å². The Bertz CT molecular complexity index is 594. The Morgan fingerprint density at radius 3 is 2.04 bits per heavy atom. The van der Waals surface area contributed by atoms with E-state index in [1.807, 2.05) is 0 Å². The van der Waals surface area contributed by atoms with Crippen molar-refractivity contribution in [2.75, 3.05) is 0 Å². The highest BCUT2D eigenvalue weighted by atomic mass is 19.4. The second kappa shape index (κ2) is 11.6. The fourth-order valence-electron chi connectivity index (χ4n) is 1.93. The first-order valence-electron chi connectivity index (χ1n) is 8.33. The number of aryl methyl sites for hydroxylation is 2. The van der Waals surface area contributed by atoms with E-state index in [1.54, 1.807) is 0 Å². The Labute approximate surface area is 153 Å². The van der Waals surface area contributed by atoms with E-state index in [1.165, 1.54) is 50.1 Å². The van der Waals surface area contributed by atoms with E-state index >= 15 is 0 Å². The Morgan fingerprint density at radius 2 is 1.59 bits per heavy atom. The number of hydrogen-bond acceptors (Lipinski definition) is 2. The van der Waals surface area contributed by atoms with E-state index < -0.39 is 24.2 Å². The van der Waals surface area contributed by atoms with Gasteiger partial charge in [-0.25, -0.2) is 14.1 Å². The van der Waals surface area contributed by atoms with Gasteiger partial charge in [0.15, 0.2) is 0 Å². The molecule has 0 saturated carbocycles. The fraction of sp³-hybridized carbons (Fsp3) is 0.688. The van der Waals surface area contributed by atoms with E-state index in [9.17, 15) is 36.2 Å². The number of nitrogens with zero attached hydrogens (tertiary/aromatic N) is 3. The molecule has 156 valence electrons. The third-order valence-corrected chi connectivity index (χ3v) is 3.28. The van der Waals surface area contributed by atoms with Crippen LogP contribution in [0.4, 0.5) is 26.3 Å². The largest absolute Gasteiger partial charge is 0.855 e. The molecule has 0 bridgehead atoms. The predicted molar refractivity (Wildman–Crippen MR) is 83.5 cm³/mol. The molecule has 1 rings (SSSR count). The monoisotopic (exact) mass is 403 g/mol. The second-order valence-corrected chi connectivity index (χ2v) is 5.80. The summed E-state index contributed by atoms with van der Waals surface area (Å²) in [6.45, 7) is 3.44. The first kappa shape index (κ1) is 24.9. The topological polar surface area (TPSA) is 61.3 Å². The van der Waals surface area contributed by atoms with Crippen LogP contribution in [0.1, 0.15) is 45.4 Å². The number of imidazole rings is 1. The first-order chi connectivity index (χ1) is 12.4. The molecule has 0 atom stereocenters. The number of rotatable bonds is 7. The van der Waals surface area contributed by atoms with Crippen LogP contribution in [-0.2, 0) is 18.4 Å². The van der Waals surface area contributed by atoms with Crippen LogP contribution in [0.15, 0.2) is 23.7 Å². The van der Waals surface area contributed by atoms with Crippen molar-refractivity contribution < 1.29 is 40.8 Å². The minimum Gasteiger partial charge on any atom is -0.855 e. The highest BCUT2D eigenvalue weighted by molar-refractivity contribution is 5.94. The number of amides is 1. The van der Waals surface area contributed by atoms with Crippen LogP contribution < -0.4 is 9.67 Å². The van der Waals surface area contributed by atoms with Gasteiger partial charge in [0, 0.05) is 0 Å². The van der Waals surface area contributed by atoms with Crippen molar-refractivity contribution in [3.63, 3.8) is 0 Å². The summed E-state index contributed by atoms with van der Waals surface area (Å²) in [4.78, 5) is 11.0. The molecule has 5 nitrogen and oxygen atoms in total. The van der Waals surface area contributed by atoms with E-state index in [0.717, 1.165) is 0 Å². The predicted octanol–water partition coefficient (Wildman–Crippen LogP) is 3.07. The lowest BCUT2D eigenvalue weighted by atomic mass is 10.1. The van der Waals surface area contributed by atoms with E-state index in [4.69, 9.17) is 0 Å². The molecule has 0 aliphatic rings. The van der Waals surface area contributed by atoms with Gasteiger partial charge in [0.05, 0.1) is 19.5 Å². The third kappa shape index (κ3) is 12.0. The molecular formula is C16H23F6N3O2. The smallest absolute Gasteiger partial charge is 0.473 e. The molecule has 0 unspecified atom stereocenters. The Morgan fingerprint density at radius 1 is 1.04 bits per heavy atom. The maximum absolute atomic E-state index is 11.2. The van der Waals surface area contributed by atoms with Crippen LogP contribution in [0.2, 0.25) is 0 Å². The lowest BCUT2D eigenvalue weighted by Gasteiger charge is -2.13. The number of hydrogen-bond donors (Lipinski definition) is 0. The highest BCUT2D eigenvalue weighted by Gasteiger charge is 2.40. The van der Waals surface area contributed by atoms with Crippen LogP contribution >= 0.6 is 0 Å². The SMILES string of the molecule is CCCCCCCCn1cc[n+](C)c1.O=C(N=C([O-])C(F)(F)F)C(F)(F)F.